The monoisotopic (exact) mass is 264 g/mol. The molecule has 4 nitrogen and oxygen atoms in total. The van der Waals surface area contributed by atoms with E-state index in [2.05, 4.69) is 6.92 Å². The smallest absolute Gasteiger partial charge is 0.301 e. The highest BCUT2D eigenvalue weighted by molar-refractivity contribution is 7.11. The summed E-state index contributed by atoms with van der Waals surface area (Å²) in [5.74, 6) is 0. The van der Waals surface area contributed by atoms with Crippen LogP contribution in [-0.2, 0) is 19.5 Å². The molecule has 0 fully saturated rings. The van der Waals surface area contributed by atoms with E-state index < -0.39 is 0 Å². The molecule has 18 heavy (non-hydrogen) atoms. The summed E-state index contributed by atoms with van der Waals surface area (Å²) < 4.78 is 2.82. The largest absolute Gasteiger partial charge is 0.331 e. The number of rotatable bonds is 4. The van der Waals surface area contributed by atoms with Crippen molar-refractivity contribution in [3.8, 4) is 0 Å². The summed E-state index contributed by atoms with van der Waals surface area (Å²) in [6.07, 6.45) is 2.53. The number of aromatic nitrogens is 2. The van der Waals surface area contributed by atoms with Crippen LogP contribution in [-0.4, -0.2) is 9.13 Å². The SMILES string of the molecule is CCc1ccc(Cn2c(=O)ccn(CC)c2=O)s1. The van der Waals surface area contributed by atoms with Gasteiger partial charge in [0.05, 0.1) is 6.54 Å². The van der Waals surface area contributed by atoms with Crippen LogP contribution in [0.4, 0.5) is 0 Å². The van der Waals surface area contributed by atoms with E-state index in [9.17, 15) is 9.59 Å². The van der Waals surface area contributed by atoms with E-state index in [-0.39, 0.29) is 11.2 Å². The fraction of sp³-hybridized carbons (Fsp3) is 0.385. The zero-order valence-corrected chi connectivity index (χ0v) is 11.4. The van der Waals surface area contributed by atoms with E-state index in [1.54, 1.807) is 17.5 Å². The molecule has 2 aromatic heterocycles. The number of nitrogens with zero attached hydrogens (tertiary/aromatic N) is 2. The summed E-state index contributed by atoms with van der Waals surface area (Å²) in [6, 6.07) is 5.48. The minimum atomic E-state index is -0.240. The molecule has 0 N–H and O–H groups in total. The van der Waals surface area contributed by atoms with Gasteiger partial charge in [-0.05, 0) is 25.5 Å². The summed E-state index contributed by atoms with van der Waals surface area (Å²) >= 11 is 1.65. The van der Waals surface area contributed by atoms with Gasteiger partial charge in [0.15, 0.2) is 0 Å². The van der Waals surface area contributed by atoms with Crippen molar-refractivity contribution in [1.29, 1.82) is 0 Å². The Morgan fingerprint density at radius 3 is 2.44 bits per heavy atom. The first kappa shape index (κ1) is 12.8. The van der Waals surface area contributed by atoms with Gasteiger partial charge >= 0.3 is 5.69 Å². The van der Waals surface area contributed by atoms with Gasteiger partial charge in [0, 0.05) is 28.6 Å². The van der Waals surface area contributed by atoms with Crippen LogP contribution in [0, 0.1) is 0 Å². The fourth-order valence-corrected chi connectivity index (χ4v) is 2.74. The number of hydrogen-bond donors (Lipinski definition) is 0. The Morgan fingerprint density at radius 2 is 1.83 bits per heavy atom. The quantitative estimate of drug-likeness (QED) is 0.843. The molecule has 0 aliphatic carbocycles. The topological polar surface area (TPSA) is 44.0 Å². The lowest BCUT2D eigenvalue weighted by Crippen LogP contribution is -2.38. The van der Waals surface area contributed by atoms with Crippen LogP contribution >= 0.6 is 11.3 Å². The molecule has 0 aliphatic heterocycles. The average Bonchev–Trinajstić information content (AvgIpc) is 2.82. The highest BCUT2D eigenvalue weighted by Gasteiger charge is 2.06. The summed E-state index contributed by atoms with van der Waals surface area (Å²) in [4.78, 5) is 26.1. The Kier molecular flexibility index (Phi) is 3.81. The molecule has 2 rings (SSSR count). The highest BCUT2D eigenvalue weighted by Crippen LogP contribution is 2.16. The van der Waals surface area contributed by atoms with E-state index in [1.165, 1.54) is 20.1 Å². The zero-order valence-electron chi connectivity index (χ0n) is 10.5. The van der Waals surface area contributed by atoms with Crippen LogP contribution < -0.4 is 11.2 Å². The maximum Gasteiger partial charge on any atom is 0.331 e. The molecular formula is C13H16N2O2S. The molecule has 5 heteroatoms. The third-order valence-corrected chi connectivity index (χ3v) is 4.07. The number of aryl methyl sites for hydroxylation is 2. The molecule has 0 saturated carbocycles. The van der Waals surface area contributed by atoms with Gasteiger partial charge < -0.3 is 4.57 Å². The maximum atomic E-state index is 12.0. The standard InChI is InChI=1S/C13H16N2O2S/c1-3-10-5-6-11(18-10)9-15-12(16)7-8-14(4-2)13(15)17/h5-8H,3-4,9H2,1-2H3. The molecule has 0 aromatic carbocycles. The predicted molar refractivity (Wildman–Crippen MR) is 73.4 cm³/mol. The van der Waals surface area contributed by atoms with Crippen molar-refractivity contribution in [2.24, 2.45) is 0 Å². The van der Waals surface area contributed by atoms with E-state index >= 15 is 0 Å². The molecule has 0 unspecified atom stereocenters. The fourth-order valence-electron chi connectivity index (χ4n) is 1.80. The molecule has 0 atom stereocenters. The lowest BCUT2D eigenvalue weighted by molar-refractivity contribution is 0.603. The molecule has 0 bridgehead atoms. The normalized spacial score (nSPS) is 10.8. The van der Waals surface area contributed by atoms with Gasteiger partial charge in [-0.1, -0.05) is 6.92 Å². The Bertz CT molecular complexity index is 651. The third kappa shape index (κ3) is 2.46. The van der Waals surface area contributed by atoms with E-state index in [0.717, 1.165) is 11.3 Å². The van der Waals surface area contributed by atoms with Gasteiger partial charge in [-0.2, -0.15) is 0 Å². The summed E-state index contributed by atoms with van der Waals surface area (Å²) in [6.45, 7) is 4.91. The number of thiophene rings is 1. The average molecular weight is 264 g/mol. The Balaban J connectivity index is 2.39. The number of hydrogen-bond acceptors (Lipinski definition) is 3. The van der Waals surface area contributed by atoms with Crippen LogP contribution in [0.5, 0.6) is 0 Å². The van der Waals surface area contributed by atoms with Gasteiger partial charge in [0.1, 0.15) is 0 Å². The molecule has 0 amide bonds. The summed E-state index contributed by atoms with van der Waals surface area (Å²) in [5.41, 5.74) is -0.479. The molecule has 96 valence electrons. The molecule has 0 spiro atoms. The van der Waals surface area contributed by atoms with Crippen molar-refractivity contribution in [2.75, 3.05) is 0 Å². The molecule has 2 aromatic rings. The minimum Gasteiger partial charge on any atom is -0.301 e. The van der Waals surface area contributed by atoms with Crippen LogP contribution in [0.3, 0.4) is 0 Å². The van der Waals surface area contributed by atoms with Gasteiger partial charge in [-0.25, -0.2) is 4.79 Å². The van der Waals surface area contributed by atoms with Crippen LogP contribution in [0.25, 0.3) is 0 Å². The van der Waals surface area contributed by atoms with Crippen molar-refractivity contribution < 1.29 is 0 Å². The highest BCUT2D eigenvalue weighted by atomic mass is 32.1. The molecular weight excluding hydrogens is 248 g/mol. The van der Waals surface area contributed by atoms with Crippen LogP contribution in [0.15, 0.2) is 34.0 Å². The lowest BCUT2D eigenvalue weighted by Gasteiger charge is -2.06. The second kappa shape index (κ2) is 5.35. The first-order valence-electron chi connectivity index (χ1n) is 6.03. The van der Waals surface area contributed by atoms with E-state index in [1.807, 2.05) is 19.1 Å². The Labute approximate surface area is 109 Å². The zero-order chi connectivity index (χ0) is 13.1. The molecule has 0 aliphatic rings. The first-order valence-corrected chi connectivity index (χ1v) is 6.85. The van der Waals surface area contributed by atoms with Gasteiger partial charge in [0.25, 0.3) is 5.56 Å². The second-order valence-electron chi connectivity index (χ2n) is 4.03. The van der Waals surface area contributed by atoms with Crippen molar-refractivity contribution in [3.63, 3.8) is 0 Å². The lowest BCUT2D eigenvalue weighted by atomic mass is 10.3. The summed E-state index contributed by atoms with van der Waals surface area (Å²) in [5, 5.41) is 0. The van der Waals surface area contributed by atoms with Crippen molar-refractivity contribution in [2.45, 2.75) is 33.4 Å². The Hall–Kier alpha value is -1.62. The first-order chi connectivity index (χ1) is 8.65. The van der Waals surface area contributed by atoms with Crippen LogP contribution in [0.2, 0.25) is 0 Å². The molecule has 0 radical (unpaired) electrons. The van der Waals surface area contributed by atoms with Crippen LogP contribution in [0.1, 0.15) is 23.6 Å². The predicted octanol–water partition coefficient (Wildman–Crippen LogP) is 1.70. The third-order valence-electron chi connectivity index (χ3n) is 2.86. The van der Waals surface area contributed by atoms with E-state index in [0.29, 0.717) is 13.1 Å². The second-order valence-corrected chi connectivity index (χ2v) is 5.28. The van der Waals surface area contributed by atoms with Gasteiger partial charge in [0.2, 0.25) is 0 Å². The summed E-state index contributed by atoms with van der Waals surface area (Å²) in [7, 11) is 0. The molecule has 0 saturated heterocycles. The molecule has 2 heterocycles. The Morgan fingerprint density at radius 1 is 1.11 bits per heavy atom. The van der Waals surface area contributed by atoms with E-state index in [4.69, 9.17) is 0 Å². The van der Waals surface area contributed by atoms with Crippen molar-refractivity contribution >= 4 is 11.3 Å². The van der Waals surface area contributed by atoms with Gasteiger partial charge in [-0.3, -0.25) is 9.36 Å². The maximum absolute atomic E-state index is 12.0. The van der Waals surface area contributed by atoms with Crippen molar-refractivity contribution in [3.05, 3.63) is 55.0 Å². The van der Waals surface area contributed by atoms with Crippen molar-refractivity contribution in [1.82, 2.24) is 9.13 Å². The van der Waals surface area contributed by atoms with Gasteiger partial charge in [-0.15, -0.1) is 11.3 Å². The minimum absolute atomic E-state index is 0.239.